The van der Waals surface area contributed by atoms with E-state index in [9.17, 15) is 4.79 Å². The lowest BCUT2D eigenvalue weighted by Crippen LogP contribution is -2.28. The fourth-order valence-corrected chi connectivity index (χ4v) is 2.26. The van der Waals surface area contributed by atoms with Gasteiger partial charge in [0.1, 0.15) is 5.82 Å². The molecule has 0 aliphatic heterocycles. The van der Waals surface area contributed by atoms with Gasteiger partial charge in [-0.25, -0.2) is 4.98 Å². The van der Waals surface area contributed by atoms with Crippen LogP contribution in [0.2, 0.25) is 0 Å². The number of imidazole rings is 1. The number of hydrogen-bond donors (Lipinski definition) is 3. The molecule has 7 heteroatoms. The summed E-state index contributed by atoms with van der Waals surface area (Å²) in [6.45, 7) is 4.72. The van der Waals surface area contributed by atoms with Crippen LogP contribution in [0.5, 0.6) is 11.5 Å². The standard InChI is InChI=1S/C17H24N4O3/c1-11-10-19-16(20-11)12(2)21-17(22)13-6-4-7-14(23-3)15(13)24-9-5-8-18/h4,6-7,10,12H,5,8-9,18H2,1-3H3,(H,19,20)(H,21,22)/t12-/m1/s1. The smallest absolute Gasteiger partial charge is 0.255 e. The van der Waals surface area contributed by atoms with Crippen LogP contribution in [0.25, 0.3) is 0 Å². The molecule has 1 atom stereocenters. The Morgan fingerprint density at radius 2 is 2.25 bits per heavy atom. The van der Waals surface area contributed by atoms with Crippen molar-refractivity contribution >= 4 is 5.91 Å². The maximum atomic E-state index is 12.6. The largest absolute Gasteiger partial charge is 0.493 e. The number of aromatic amines is 1. The summed E-state index contributed by atoms with van der Waals surface area (Å²) in [6, 6.07) is 4.96. The van der Waals surface area contributed by atoms with E-state index in [1.165, 1.54) is 0 Å². The van der Waals surface area contributed by atoms with Crippen molar-refractivity contribution in [1.82, 2.24) is 15.3 Å². The second-order valence-corrected chi connectivity index (χ2v) is 5.47. The van der Waals surface area contributed by atoms with Crippen LogP contribution >= 0.6 is 0 Å². The topological polar surface area (TPSA) is 102 Å². The number of para-hydroxylation sites is 1. The molecule has 0 radical (unpaired) electrons. The summed E-state index contributed by atoms with van der Waals surface area (Å²) in [6.07, 6.45) is 2.42. The molecular formula is C17H24N4O3. The first-order valence-electron chi connectivity index (χ1n) is 7.89. The monoisotopic (exact) mass is 332 g/mol. The number of rotatable bonds is 8. The van der Waals surface area contributed by atoms with Gasteiger partial charge in [-0.05, 0) is 38.9 Å². The van der Waals surface area contributed by atoms with Gasteiger partial charge in [0.05, 0.1) is 25.3 Å². The summed E-state index contributed by atoms with van der Waals surface area (Å²) in [5.74, 6) is 1.39. The quantitative estimate of drug-likeness (QED) is 0.641. The molecule has 4 N–H and O–H groups in total. The molecule has 1 amide bonds. The number of carbonyl (C=O) groups is 1. The Morgan fingerprint density at radius 3 is 2.88 bits per heavy atom. The first kappa shape index (κ1) is 17.8. The van der Waals surface area contributed by atoms with Crippen molar-refractivity contribution in [1.29, 1.82) is 0 Å². The zero-order valence-electron chi connectivity index (χ0n) is 14.3. The first-order chi connectivity index (χ1) is 11.6. The third-order valence-electron chi connectivity index (χ3n) is 3.52. The molecule has 1 aromatic heterocycles. The number of ether oxygens (including phenoxy) is 2. The number of aryl methyl sites for hydroxylation is 1. The minimum absolute atomic E-state index is 0.252. The number of hydrogen-bond acceptors (Lipinski definition) is 5. The summed E-state index contributed by atoms with van der Waals surface area (Å²) < 4.78 is 11.0. The molecule has 0 spiro atoms. The lowest BCUT2D eigenvalue weighted by Gasteiger charge is -2.16. The normalized spacial score (nSPS) is 11.8. The second kappa shape index (κ2) is 8.35. The molecule has 7 nitrogen and oxygen atoms in total. The van der Waals surface area contributed by atoms with Crippen molar-refractivity contribution in [2.75, 3.05) is 20.3 Å². The highest BCUT2D eigenvalue weighted by atomic mass is 16.5. The summed E-state index contributed by atoms with van der Waals surface area (Å²) in [5, 5.41) is 2.91. The van der Waals surface area contributed by atoms with Gasteiger partial charge in [-0.2, -0.15) is 0 Å². The SMILES string of the molecule is COc1cccc(C(=O)N[C@H](C)c2ncc(C)[nH]2)c1OCCCN. The zero-order valence-corrected chi connectivity index (χ0v) is 14.3. The van der Waals surface area contributed by atoms with E-state index in [2.05, 4.69) is 15.3 Å². The van der Waals surface area contributed by atoms with Crippen molar-refractivity contribution in [3.05, 3.63) is 41.5 Å². The highest BCUT2D eigenvalue weighted by molar-refractivity contribution is 5.98. The molecule has 2 aromatic rings. The fourth-order valence-electron chi connectivity index (χ4n) is 2.26. The molecule has 0 fully saturated rings. The summed E-state index contributed by atoms with van der Waals surface area (Å²) in [5.41, 5.74) is 6.85. The fraction of sp³-hybridized carbons (Fsp3) is 0.412. The number of carbonyl (C=O) groups excluding carboxylic acids is 1. The van der Waals surface area contributed by atoms with Crippen molar-refractivity contribution in [3.63, 3.8) is 0 Å². The molecule has 0 aliphatic rings. The summed E-state index contributed by atoms with van der Waals surface area (Å²) >= 11 is 0. The molecule has 1 heterocycles. The number of amides is 1. The second-order valence-electron chi connectivity index (χ2n) is 5.47. The number of methoxy groups -OCH3 is 1. The third-order valence-corrected chi connectivity index (χ3v) is 3.52. The van der Waals surface area contributed by atoms with E-state index in [1.54, 1.807) is 31.5 Å². The van der Waals surface area contributed by atoms with Crippen LogP contribution in [0.4, 0.5) is 0 Å². The molecule has 0 bridgehead atoms. The van der Waals surface area contributed by atoms with Crippen LogP contribution in [0.15, 0.2) is 24.4 Å². The van der Waals surface area contributed by atoms with Gasteiger partial charge >= 0.3 is 0 Å². The Morgan fingerprint density at radius 1 is 1.46 bits per heavy atom. The van der Waals surface area contributed by atoms with Crippen LogP contribution in [0, 0.1) is 6.92 Å². The Labute approximate surface area is 141 Å². The van der Waals surface area contributed by atoms with Crippen LogP contribution in [0.3, 0.4) is 0 Å². The Hall–Kier alpha value is -2.54. The third kappa shape index (κ3) is 4.26. The van der Waals surface area contributed by atoms with E-state index < -0.39 is 0 Å². The van der Waals surface area contributed by atoms with E-state index in [4.69, 9.17) is 15.2 Å². The van der Waals surface area contributed by atoms with Gasteiger partial charge in [0.15, 0.2) is 11.5 Å². The maximum Gasteiger partial charge on any atom is 0.255 e. The molecule has 0 saturated heterocycles. The average molecular weight is 332 g/mol. The maximum absolute atomic E-state index is 12.6. The molecule has 130 valence electrons. The lowest BCUT2D eigenvalue weighted by molar-refractivity contribution is 0.0933. The number of H-pyrrole nitrogens is 1. The zero-order chi connectivity index (χ0) is 17.5. The molecular weight excluding hydrogens is 308 g/mol. The minimum atomic E-state index is -0.255. The van der Waals surface area contributed by atoms with Gasteiger partial charge in [-0.3, -0.25) is 4.79 Å². The van der Waals surface area contributed by atoms with Gasteiger partial charge < -0.3 is 25.5 Å². The first-order valence-corrected chi connectivity index (χ1v) is 7.89. The van der Waals surface area contributed by atoms with E-state index >= 15 is 0 Å². The number of nitrogens with one attached hydrogen (secondary N) is 2. The van der Waals surface area contributed by atoms with E-state index in [0.29, 0.717) is 42.5 Å². The average Bonchev–Trinajstić information content (AvgIpc) is 3.01. The van der Waals surface area contributed by atoms with E-state index in [0.717, 1.165) is 5.69 Å². The highest BCUT2D eigenvalue weighted by Gasteiger charge is 2.20. The van der Waals surface area contributed by atoms with Crippen LogP contribution in [-0.2, 0) is 0 Å². The number of benzene rings is 1. The Balaban J connectivity index is 2.18. The minimum Gasteiger partial charge on any atom is -0.493 e. The van der Waals surface area contributed by atoms with Gasteiger partial charge in [0.2, 0.25) is 0 Å². The van der Waals surface area contributed by atoms with Gasteiger partial charge in [0.25, 0.3) is 5.91 Å². The molecule has 1 aromatic carbocycles. The molecule has 24 heavy (non-hydrogen) atoms. The van der Waals surface area contributed by atoms with Crippen molar-refractivity contribution in [2.45, 2.75) is 26.3 Å². The highest BCUT2D eigenvalue weighted by Crippen LogP contribution is 2.31. The van der Waals surface area contributed by atoms with E-state index in [-0.39, 0.29) is 11.9 Å². The van der Waals surface area contributed by atoms with E-state index in [1.807, 2.05) is 13.8 Å². The lowest BCUT2D eigenvalue weighted by atomic mass is 10.1. The number of nitrogens with two attached hydrogens (primary N) is 1. The molecule has 0 unspecified atom stereocenters. The van der Waals surface area contributed by atoms with Crippen LogP contribution in [-0.4, -0.2) is 36.1 Å². The van der Waals surface area contributed by atoms with Crippen molar-refractivity contribution in [2.24, 2.45) is 5.73 Å². The number of nitrogens with zero attached hydrogens (tertiary/aromatic N) is 1. The molecule has 0 saturated carbocycles. The Bertz CT molecular complexity index is 684. The van der Waals surface area contributed by atoms with Gasteiger partial charge in [-0.1, -0.05) is 6.07 Å². The summed E-state index contributed by atoms with van der Waals surface area (Å²) in [7, 11) is 1.54. The van der Waals surface area contributed by atoms with Crippen LogP contribution in [0.1, 0.15) is 41.3 Å². The molecule has 0 aliphatic carbocycles. The van der Waals surface area contributed by atoms with Gasteiger partial charge in [0, 0.05) is 11.9 Å². The predicted molar refractivity (Wildman–Crippen MR) is 91.4 cm³/mol. The summed E-state index contributed by atoms with van der Waals surface area (Å²) in [4.78, 5) is 20.0. The molecule has 2 rings (SSSR count). The van der Waals surface area contributed by atoms with Crippen LogP contribution < -0.4 is 20.5 Å². The Kier molecular flexibility index (Phi) is 6.20. The predicted octanol–water partition coefficient (Wildman–Crippen LogP) is 1.95. The number of aromatic nitrogens is 2. The van der Waals surface area contributed by atoms with Crippen molar-refractivity contribution < 1.29 is 14.3 Å². The van der Waals surface area contributed by atoms with Crippen molar-refractivity contribution in [3.8, 4) is 11.5 Å². The van der Waals surface area contributed by atoms with Gasteiger partial charge in [-0.15, -0.1) is 0 Å².